The van der Waals surface area contributed by atoms with Crippen molar-refractivity contribution in [2.75, 3.05) is 14.1 Å². The minimum absolute atomic E-state index is 0. The Balaban J connectivity index is -0.00000000765. The van der Waals surface area contributed by atoms with Gasteiger partial charge in [-0.2, -0.15) is 0 Å². The van der Waals surface area contributed by atoms with E-state index in [0.29, 0.717) is 0 Å². The lowest BCUT2D eigenvalue weighted by Gasteiger charge is -1.90. The molecule has 0 rings (SSSR count). The minimum Gasteiger partial charge on any atom is -0.377 e. The average Bonchev–Trinajstić information content (AvgIpc) is 2.72. The summed E-state index contributed by atoms with van der Waals surface area (Å²) in [4.78, 5) is 3.81. The zero-order valence-electron chi connectivity index (χ0n) is 21.2. The van der Waals surface area contributed by atoms with Crippen LogP contribution in [0.15, 0.2) is 4.99 Å². The predicted molar refractivity (Wildman–Crippen MR) is 150 cm³/mol. The Morgan fingerprint density at radius 3 is 0.667 bits per heavy atom. The van der Waals surface area contributed by atoms with Crippen LogP contribution in [0.25, 0.3) is 0 Å². The molecule has 0 aromatic heterocycles. The fraction of sp³-hybridized carbons (Fsp3) is 0.960. The normalized spacial score (nSPS) is 4.78. The van der Waals surface area contributed by atoms with Gasteiger partial charge in [-0.25, -0.2) is 0 Å². The third-order valence-electron chi connectivity index (χ3n) is 0.697. The van der Waals surface area contributed by atoms with E-state index in [1.165, 1.54) is 6.42 Å². The number of nitrogens with one attached hydrogen (secondary N) is 1. The van der Waals surface area contributed by atoms with Crippen molar-refractivity contribution >= 4 is 5.84 Å². The first-order chi connectivity index (χ1) is 11.2. The predicted octanol–water partition coefficient (Wildman–Crippen LogP) is 11.4. The molecule has 0 spiro atoms. The van der Waals surface area contributed by atoms with Crippen molar-refractivity contribution < 1.29 is 0 Å². The van der Waals surface area contributed by atoms with Crippen molar-refractivity contribution in [1.82, 2.24) is 5.32 Å². The first-order valence-electron chi connectivity index (χ1n) is 10.3. The van der Waals surface area contributed by atoms with Crippen LogP contribution in [0.2, 0.25) is 0 Å². The highest BCUT2D eigenvalue weighted by Gasteiger charge is 1.71. The van der Waals surface area contributed by atoms with Gasteiger partial charge in [0.05, 0.1) is 5.84 Å². The van der Waals surface area contributed by atoms with Gasteiger partial charge in [-0.3, -0.25) is 4.99 Å². The van der Waals surface area contributed by atoms with Gasteiger partial charge in [0.2, 0.25) is 0 Å². The molecule has 0 aliphatic heterocycles. The number of rotatable bonds is 0. The van der Waals surface area contributed by atoms with Gasteiger partial charge in [0.25, 0.3) is 0 Å². The maximum absolute atomic E-state index is 3.81. The molecule has 0 saturated heterocycles. The van der Waals surface area contributed by atoms with E-state index in [1.54, 1.807) is 7.05 Å². The SMILES string of the molecule is C.C.C.C.CC.CC.CC.CC.CC.CC.CC.CCC.CN=C(C)NC. The molecule has 0 aromatic rings. The number of nitrogens with zero attached hydrogens (tertiary/aromatic N) is 1. The highest BCUT2D eigenvalue weighted by Crippen LogP contribution is 1.59. The molecule has 0 fully saturated rings. The van der Waals surface area contributed by atoms with Crippen LogP contribution in [-0.4, -0.2) is 19.9 Å². The zero-order valence-corrected chi connectivity index (χ0v) is 21.2. The van der Waals surface area contributed by atoms with E-state index in [4.69, 9.17) is 0 Å². The van der Waals surface area contributed by atoms with Crippen molar-refractivity contribution in [1.29, 1.82) is 0 Å². The Morgan fingerprint density at radius 1 is 0.556 bits per heavy atom. The molecule has 0 heterocycles. The Morgan fingerprint density at radius 2 is 0.667 bits per heavy atom. The van der Waals surface area contributed by atoms with Crippen molar-refractivity contribution in [2.24, 2.45) is 4.99 Å². The third-order valence-corrected chi connectivity index (χ3v) is 0.697. The molecule has 186 valence electrons. The number of amidine groups is 1. The summed E-state index contributed by atoms with van der Waals surface area (Å²) in [5.74, 6) is 0.968. The van der Waals surface area contributed by atoms with E-state index >= 15 is 0 Å². The van der Waals surface area contributed by atoms with Gasteiger partial charge in [0.15, 0.2) is 0 Å². The fourth-order valence-electron chi connectivity index (χ4n) is 0.112. The lowest BCUT2D eigenvalue weighted by atomic mass is 10.6. The number of hydrogen-bond acceptors (Lipinski definition) is 1. The molecule has 0 aromatic carbocycles. The molecule has 0 saturated carbocycles. The second kappa shape index (κ2) is 510. The van der Waals surface area contributed by atoms with E-state index in [9.17, 15) is 0 Å². The summed E-state index contributed by atoms with van der Waals surface area (Å²) in [7, 11) is 3.61. The summed E-state index contributed by atoms with van der Waals surface area (Å²) in [6.45, 7) is 34.2. The molecule has 0 amide bonds. The molecule has 2 nitrogen and oxygen atoms in total. The molecule has 0 atom stereocenters. The van der Waals surface area contributed by atoms with E-state index < -0.39 is 0 Å². The molecular formula is C25H76N2. The van der Waals surface area contributed by atoms with Crippen LogP contribution in [0.4, 0.5) is 0 Å². The number of aliphatic imine (C=N–C) groups is 1. The topological polar surface area (TPSA) is 24.4 Å². The van der Waals surface area contributed by atoms with Crippen LogP contribution >= 0.6 is 0 Å². The van der Waals surface area contributed by atoms with Gasteiger partial charge in [0.1, 0.15) is 0 Å². The van der Waals surface area contributed by atoms with Crippen LogP contribution in [0.5, 0.6) is 0 Å². The Kier molecular flexibility index (Phi) is 1790. The second-order valence-corrected chi connectivity index (χ2v) is 1.77. The van der Waals surface area contributed by atoms with Crippen molar-refractivity contribution in [3.8, 4) is 0 Å². The quantitative estimate of drug-likeness (QED) is 0.315. The van der Waals surface area contributed by atoms with E-state index in [2.05, 4.69) is 24.2 Å². The van der Waals surface area contributed by atoms with Crippen LogP contribution in [0, 0.1) is 0 Å². The lowest BCUT2D eigenvalue weighted by molar-refractivity contribution is 1.09. The first-order valence-corrected chi connectivity index (χ1v) is 10.3. The van der Waals surface area contributed by atoms with Gasteiger partial charge < -0.3 is 5.32 Å². The summed E-state index contributed by atoms with van der Waals surface area (Å²) in [5, 5.41) is 2.86. The van der Waals surface area contributed by atoms with Crippen LogP contribution in [0.3, 0.4) is 0 Å². The fourth-order valence-corrected chi connectivity index (χ4v) is 0.112. The summed E-state index contributed by atoms with van der Waals surface area (Å²) in [5.41, 5.74) is 0. The van der Waals surface area contributed by atoms with Gasteiger partial charge in [-0.15, -0.1) is 0 Å². The van der Waals surface area contributed by atoms with Crippen LogP contribution < -0.4 is 5.32 Å². The maximum Gasteiger partial charge on any atom is 0.0925 e. The summed E-state index contributed by atoms with van der Waals surface area (Å²) in [6.07, 6.45) is 1.25. The molecule has 27 heavy (non-hydrogen) atoms. The molecule has 0 bridgehead atoms. The molecule has 0 aliphatic carbocycles. The maximum atomic E-state index is 3.81. The van der Waals surface area contributed by atoms with Crippen molar-refractivity contribution in [3.63, 3.8) is 0 Å². The van der Waals surface area contributed by atoms with Crippen LogP contribution in [0.1, 0.15) is 154 Å². The van der Waals surface area contributed by atoms with Crippen molar-refractivity contribution in [2.45, 2.75) is 154 Å². The van der Waals surface area contributed by atoms with E-state index in [1.807, 2.05) is 111 Å². The lowest BCUT2D eigenvalue weighted by Crippen LogP contribution is -2.12. The Labute approximate surface area is 184 Å². The molecule has 0 aliphatic rings. The average molecular weight is 405 g/mol. The Hall–Kier alpha value is -0.530. The molecule has 0 radical (unpaired) electrons. The third kappa shape index (κ3) is 1170. The van der Waals surface area contributed by atoms with Gasteiger partial charge in [0, 0.05) is 14.1 Å². The van der Waals surface area contributed by atoms with E-state index in [-0.39, 0.29) is 29.7 Å². The zero-order chi connectivity index (χ0) is 21.7. The smallest absolute Gasteiger partial charge is 0.0925 e. The van der Waals surface area contributed by atoms with E-state index in [0.717, 1.165) is 5.84 Å². The highest BCUT2D eigenvalue weighted by atomic mass is 14.9. The Bertz CT molecular complexity index is 70.7. The largest absolute Gasteiger partial charge is 0.377 e. The molecule has 2 heteroatoms. The van der Waals surface area contributed by atoms with Crippen molar-refractivity contribution in [3.05, 3.63) is 0 Å². The molecular weight excluding hydrogens is 328 g/mol. The minimum atomic E-state index is 0. The first kappa shape index (κ1) is 94.6. The monoisotopic (exact) mass is 405 g/mol. The van der Waals surface area contributed by atoms with Gasteiger partial charge >= 0.3 is 0 Å². The second-order valence-electron chi connectivity index (χ2n) is 1.77. The summed E-state index contributed by atoms with van der Waals surface area (Å²) in [6, 6.07) is 0. The summed E-state index contributed by atoms with van der Waals surface area (Å²) >= 11 is 0. The molecule has 1 N–H and O–H groups in total. The highest BCUT2D eigenvalue weighted by molar-refractivity contribution is 5.78. The molecule has 0 unspecified atom stereocenters. The summed E-state index contributed by atoms with van der Waals surface area (Å²) < 4.78 is 0. The van der Waals surface area contributed by atoms with Gasteiger partial charge in [-0.05, 0) is 6.92 Å². The van der Waals surface area contributed by atoms with Gasteiger partial charge in [-0.1, -0.05) is 147 Å². The van der Waals surface area contributed by atoms with Crippen LogP contribution in [-0.2, 0) is 0 Å². The standard InChI is InChI=1S/C4H10N2.C3H8.7C2H6.4CH4/c1-4(5-2)6-3;1-3-2;7*1-2;;;;/h1-3H3,(H,5,6);3H2,1-2H3;7*1-2H3;4*1H4. The number of hydrogen-bond donors (Lipinski definition) is 1.